The number of piperidine rings is 1. The fraction of sp³-hybridized carbons (Fsp3) is 0.400. The molecular weight excluding hydrogens is 255 g/mol. The Kier molecular flexibility index (Phi) is 3.44. The monoisotopic (exact) mass is 274 g/mol. The summed E-state index contributed by atoms with van der Waals surface area (Å²) in [6.45, 7) is 2.16. The van der Waals surface area contributed by atoms with Gasteiger partial charge in [0.15, 0.2) is 0 Å². The fourth-order valence-corrected chi connectivity index (χ4v) is 2.70. The molecular formula is C15H19FN4. The van der Waals surface area contributed by atoms with E-state index in [1.165, 1.54) is 6.07 Å². The number of rotatable bonds is 2. The minimum Gasteiger partial charge on any atom is -0.399 e. The largest absolute Gasteiger partial charge is 0.399 e. The minimum absolute atomic E-state index is 0.298. The molecule has 1 fully saturated rings. The van der Waals surface area contributed by atoms with Gasteiger partial charge in [0, 0.05) is 23.0 Å². The van der Waals surface area contributed by atoms with E-state index in [1.54, 1.807) is 18.3 Å². The number of hydrogen-bond donors (Lipinski definition) is 1. The van der Waals surface area contributed by atoms with Crippen LogP contribution in [0.5, 0.6) is 0 Å². The van der Waals surface area contributed by atoms with Gasteiger partial charge >= 0.3 is 0 Å². The predicted molar refractivity (Wildman–Crippen MR) is 77.8 cm³/mol. The zero-order chi connectivity index (χ0) is 14.1. The number of benzene rings is 1. The van der Waals surface area contributed by atoms with Crippen molar-refractivity contribution >= 4 is 5.69 Å². The first-order valence-electron chi connectivity index (χ1n) is 6.91. The molecule has 0 aliphatic carbocycles. The Morgan fingerprint density at radius 1 is 1.30 bits per heavy atom. The van der Waals surface area contributed by atoms with Gasteiger partial charge in [0.1, 0.15) is 5.82 Å². The lowest BCUT2D eigenvalue weighted by atomic mass is 10.1. The Morgan fingerprint density at radius 3 is 2.75 bits per heavy atom. The van der Waals surface area contributed by atoms with Crippen LogP contribution in [0, 0.1) is 5.82 Å². The van der Waals surface area contributed by atoms with Crippen LogP contribution in [0.4, 0.5) is 10.1 Å². The van der Waals surface area contributed by atoms with Crippen molar-refractivity contribution in [2.75, 3.05) is 25.9 Å². The summed E-state index contributed by atoms with van der Waals surface area (Å²) < 4.78 is 15.9. The number of nitrogens with two attached hydrogens (primary N) is 1. The van der Waals surface area contributed by atoms with Gasteiger partial charge in [-0.1, -0.05) is 0 Å². The molecule has 0 bridgehead atoms. The van der Waals surface area contributed by atoms with E-state index in [4.69, 9.17) is 5.73 Å². The van der Waals surface area contributed by atoms with Crippen LogP contribution in [0.3, 0.4) is 0 Å². The van der Waals surface area contributed by atoms with E-state index >= 15 is 0 Å². The first kappa shape index (κ1) is 13.1. The molecule has 0 spiro atoms. The lowest BCUT2D eigenvalue weighted by Gasteiger charge is -2.28. The third-order valence-electron chi connectivity index (χ3n) is 3.97. The Morgan fingerprint density at radius 2 is 2.05 bits per heavy atom. The van der Waals surface area contributed by atoms with Crippen LogP contribution in [0.15, 0.2) is 30.6 Å². The van der Waals surface area contributed by atoms with Crippen LogP contribution in [0.2, 0.25) is 0 Å². The maximum absolute atomic E-state index is 13.9. The van der Waals surface area contributed by atoms with E-state index in [0.717, 1.165) is 31.5 Å². The first-order valence-corrected chi connectivity index (χ1v) is 6.91. The molecule has 2 heterocycles. The van der Waals surface area contributed by atoms with Gasteiger partial charge in [-0.15, -0.1) is 0 Å². The molecule has 0 radical (unpaired) electrons. The quantitative estimate of drug-likeness (QED) is 0.856. The molecule has 0 saturated carbocycles. The summed E-state index contributed by atoms with van der Waals surface area (Å²) in [4.78, 5) is 2.32. The zero-order valence-electron chi connectivity index (χ0n) is 11.6. The number of likely N-dealkylation sites (tertiary alicyclic amines) is 1. The Balaban J connectivity index is 1.83. The highest BCUT2D eigenvalue weighted by Crippen LogP contribution is 2.27. The average Bonchev–Trinajstić information content (AvgIpc) is 2.89. The van der Waals surface area contributed by atoms with Crippen molar-refractivity contribution in [3.05, 3.63) is 36.4 Å². The van der Waals surface area contributed by atoms with Crippen molar-refractivity contribution in [1.29, 1.82) is 0 Å². The van der Waals surface area contributed by atoms with Crippen LogP contribution >= 0.6 is 0 Å². The average molecular weight is 274 g/mol. The Hall–Kier alpha value is -1.88. The maximum atomic E-state index is 13.9. The standard InChI is InChI=1S/C15H19FN4/c1-19-6-4-13(5-7-19)20-10-11(9-18-20)14-3-2-12(17)8-15(14)16/h2-3,8-10,13H,4-7,17H2,1H3. The van der Waals surface area contributed by atoms with Gasteiger partial charge in [0.25, 0.3) is 0 Å². The molecule has 1 aromatic heterocycles. The zero-order valence-corrected chi connectivity index (χ0v) is 11.6. The van der Waals surface area contributed by atoms with Crippen LogP contribution in [-0.4, -0.2) is 34.8 Å². The second-order valence-corrected chi connectivity index (χ2v) is 5.48. The smallest absolute Gasteiger partial charge is 0.133 e. The van der Waals surface area contributed by atoms with Gasteiger partial charge in [-0.05, 0) is 51.2 Å². The third-order valence-corrected chi connectivity index (χ3v) is 3.97. The second kappa shape index (κ2) is 5.25. The number of nitrogen functional groups attached to an aromatic ring is 1. The lowest BCUT2D eigenvalue weighted by Crippen LogP contribution is -2.31. The predicted octanol–water partition coefficient (Wildman–Crippen LogP) is 2.54. The van der Waals surface area contributed by atoms with Gasteiger partial charge in [0.2, 0.25) is 0 Å². The van der Waals surface area contributed by atoms with Crippen molar-refractivity contribution in [3.63, 3.8) is 0 Å². The Bertz CT molecular complexity index is 600. The van der Waals surface area contributed by atoms with Gasteiger partial charge in [-0.3, -0.25) is 4.68 Å². The Labute approximate surface area is 118 Å². The van der Waals surface area contributed by atoms with E-state index in [2.05, 4.69) is 17.0 Å². The molecule has 1 aliphatic rings. The molecule has 0 amide bonds. The molecule has 106 valence electrons. The van der Waals surface area contributed by atoms with E-state index < -0.39 is 0 Å². The maximum Gasteiger partial charge on any atom is 0.133 e. The summed E-state index contributed by atoms with van der Waals surface area (Å²) in [5, 5.41) is 4.41. The molecule has 3 rings (SSSR count). The summed E-state index contributed by atoms with van der Waals surface area (Å²) in [5.41, 5.74) is 7.38. The highest BCUT2D eigenvalue weighted by molar-refractivity contribution is 5.65. The molecule has 4 nitrogen and oxygen atoms in total. The number of anilines is 1. The van der Waals surface area contributed by atoms with Gasteiger partial charge < -0.3 is 10.6 Å². The van der Waals surface area contributed by atoms with E-state index in [-0.39, 0.29) is 5.82 Å². The topological polar surface area (TPSA) is 47.1 Å². The number of hydrogen-bond acceptors (Lipinski definition) is 3. The van der Waals surface area contributed by atoms with Crippen molar-refractivity contribution in [1.82, 2.24) is 14.7 Å². The van der Waals surface area contributed by atoms with Gasteiger partial charge in [-0.2, -0.15) is 5.10 Å². The third kappa shape index (κ3) is 2.54. The summed E-state index contributed by atoms with van der Waals surface area (Å²) >= 11 is 0. The minimum atomic E-state index is -0.298. The molecule has 1 aliphatic heterocycles. The van der Waals surface area contributed by atoms with E-state index in [0.29, 0.717) is 17.3 Å². The summed E-state index contributed by atoms with van der Waals surface area (Å²) in [6, 6.07) is 5.19. The van der Waals surface area contributed by atoms with Crippen molar-refractivity contribution in [3.8, 4) is 11.1 Å². The van der Waals surface area contributed by atoms with Crippen LogP contribution < -0.4 is 5.73 Å². The molecule has 0 unspecified atom stereocenters. The molecule has 1 saturated heterocycles. The lowest BCUT2D eigenvalue weighted by molar-refractivity contribution is 0.212. The highest BCUT2D eigenvalue weighted by Gasteiger charge is 2.19. The van der Waals surface area contributed by atoms with E-state index in [1.807, 2.05) is 10.9 Å². The van der Waals surface area contributed by atoms with Crippen molar-refractivity contribution in [2.24, 2.45) is 0 Å². The van der Waals surface area contributed by atoms with Crippen LogP contribution in [0.25, 0.3) is 11.1 Å². The van der Waals surface area contributed by atoms with Crippen molar-refractivity contribution < 1.29 is 4.39 Å². The molecule has 2 aromatic rings. The molecule has 20 heavy (non-hydrogen) atoms. The highest BCUT2D eigenvalue weighted by atomic mass is 19.1. The second-order valence-electron chi connectivity index (χ2n) is 5.48. The number of nitrogens with zero attached hydrogens (tertiary/aromatic N) is 3. The summed E-state index contributed by atoms with van der Waals surface area (Å²) in [7, 11) is 2.13. The SMILES string of the molecule is CN1CCC(n2cc(-c3ccc(N)cc3F)cn2)CC1. The summed E-state index contributed by atoms with van der Waals surface area (Å²) in [6.07, 6.45) is 5.83. The molecule has 2 N–H and O–H groups in total. The first-order chi connectivity index (χ1) is 9.63. The van der Waals surface area contributed by atoms with E-state index in [9.17, 15) is 4.39 Å². The van der Waals surface area contributed by atoms with Gasteiger partial charge in [0.05, 0.1) is 12.2 Å². The number of aromatic nitrogens is 2. The normalized spacial score (nSPS) is 17.5. The fourth-order valence-electron chi connectivity index (χ4n) is 2.70. The molecule has 1 aromatic carbocycles. The number of halogens is 1. The van der Waals surface area contributed by atoms with Gasteiger partial charge in [-0.25, -0.2) is 4.39 Å². The summed E-state index contributed by atoms with van der Waals surface area (Å²) in [5.74, 6) is -0.298. The molecule has 0 atom stereocenters. The van der Waals surface area contributed by atoms with Crippen LogP contribution in [-0.2, 0) is 0 Å². The van der Waals surface area contributed by atoms with Crippen LogP contribution in [0.1, 0.15) is 18.9 Å². The van der Waals surface area contributed by atoms with Crippen molar-refractivity contribution in [2.45, 2.75) is 18.9 Å². The molecule has 5 heteroatoms.